The molecule has 2 atom stereocenters. The smallest absolute Gasteiger partial charge is 0.165 e. The zero-order valence-electron chi connectivity index (χ0n) is 11.1. The van der Waals surface area contributed by atoms with Crippen molar-refractivity contribution in [1.82, 2.24) is 25.5 Å². The Hall–Kier alpha value is -0.820. The van der Waals surface area contributed by atoms with Crippen molar-refractivity contribution in [2.45, 2.75) is 45.8 Å². The summed E-state index contributed by atoms with van der Waals surface area (Å²) >= 11 is 0. The summed E-state index contributed by atoms with van der Waals surface area (Å²) in [6.07, 6.45) is 1.69. The molecule has 1 N–H and O–H groups in total. The minimum Gasteiger partial charge on any atom is -0.305 e. The van der Waals surface area contributed by atoms with Gasteiger partial charge in [0.2, 0.25) is 0 Å². The zero-order valence-corrected chi connectivity index (χ0v) is 11.9. The molecule has 0 aliphatic carbocycles. The second-order valence-corrected chi connectivity index (χ2v) is 6.71. The molecule has 1 rings (SSSR count). The van der Waals surface area contributed by atoms with Crippen molar-refractivity contribution in [3.63, 3.8) is 0 Å². The maximum atomic E-state index is 11.2. The van der Waals surface area contributed by atoms with Gasteiger partial charge in [0.05, 0.1) is 12.6 Å². The SMILES string of the molecule is CC(CS(C)=O)n1nnnc1CNC(C)(C)C. The quantitative estimate of drug-likeness (QED) is 0.833. The standard InChI is InChI=1S/C10H21N5OS/c1-8(7-17(5)16)15-9(12-13-14-15)6-11-10(2,3)4/h8,11H,6-7H2,1-5H3. The first-order valence-electron chi connectivity index (χ1n) is 5.61. The molecule has 7 heteroatoms. The normalized spacial score (nSPS) is 15.8. The lowest BCUT2D eigenvalue weighted by Crippen LogP contribution is -2.36. The third-order valence-electron chi connectivity index (χ3n) is 2.23. The van der Waals surface area contributed by atoms with E-state index >= 15 is 0 Å². The minimum atomic E-state index is -0.846. The second-order valence-electron chi connectivity index (χ2n) is 5.23. The Labute approximate surface area is 105 Å². The predicted octanol–water partition coefficient (Wildman–Crippen LogP) is 0.501. The van der Waals surface area contributed by atoms with Gasteiger partial charge >= 0.3 is 0 Å². The molecule has 98 valence electrons. The van der Waals surface area contributed by atoms with Gasteiger partial charge in [0.25, 0.3) is 0 Å². The van der Waals surface area contributed by atoms with Crippen LogP contribution in [0.1, 0.15) is 39.6 Å². The molecule has 0 aliphatic heterocycles. The molecule has 6 nitrogen and oxygen atoms in total. The van der Waals surface area contributed by atoms with Gasteiger partial charge in [-0.2, -0.15) is 0 Å². The maximum absolute atomic E-state index is 11.2. The molecular formula is C10H21N5OS. The van der Waals surface area contributed by atoms with E-state index in [1.165, 1.54) is 0 Å². The number of nitrogens with one attached hydrogen (secondary N) is 1. The lowest BCUT2D eigenvalue weighted by molar-refractivity contribution is 0.400. The Morgan fingerprint density at radius 1 is 1.47 bits per heavy atom. The van der Waals surface area contributed by atoms with Crippen LogP contribution in [0.3, 0.4) is 0 Å². The molecule has 17 heavy (non-hydrogen) atoms. The first-order chi connectivity index (χ1) is 7.79. The van der Waals surface area contributed by atoms with Crippen molar-refractivity contribution in [3.8, 4) is 0 Å². The average molecular weight is 259 g/mol. The summed E-state index contributed by atoms with van der Waals surface area (Å²) in [4.78, 5) is 0. The highest BCUT2D eigenvalue weighted by Gasteiger charge is 2.16. The average Bonchev–Trinajstić information content (AvgIpc) is 2.60. The molecule has 0 aliphatic rings. The number of hydrogen-bond donors (Lipinski definition) is 1. The zero-order chi connectivity index (χ0) is 13.1. The summed E-state index contributed by atoms with van der Waals surface area (Å²) in [5.74, 6) is 1.34. The lowest BCUT2D eigenvalue weighted by Gasteiger charge is -2.20. The highest BCUT2D eigenvalue weighted by Crippen LogP contribution is 2.08. The van der Waals surface area contributed by atoms with Gasteiger partial charge in [-0.25, -0.2) is 4.68 Å². The van der Waals surface area contributed by atoms with E-state index in [4.69, 9.17) is 0 Å². The van der Waals surface area contributed by atoms with Crippen molar-refractivity contribution < 1.29 is 4.21 Å². The van der Waals surface area contributed by atoms with E-state index in [1.54, 1.807) is 10.9 Å². The summed E-state index contributed by atoms with van der Waals surface area (Å²) < 4.78 is 12.9. The van der Waals surface area contributed by atoms with Crippen LogP contribution < -0.4 is 5.32 Å². The summed E-state index contributed by atoms with van der Waals surface area (Å²) in [7, 11) is -0.846. The third-order valence-corrected chi connectivity index (χ3v) is 3.18. The summed E-state index contributed by atoms with van der Waals surface area (Å²) in [5.41, 5.74) is 0.0214. The van der Waals surface area contributed by atoms with Gasteiger partial charge in [-0.05, 0) is 38.1 Å². The van der Waals surface area contributed by atoms with Crippen LogP contribution in [0.15, 0.2) is 0 Å². The molecule has 0 spiro atoms. The minimum absolute atomic E-state index is 0.0214. The monoisotopic (exact) mass is 259 g/mol. The van der Waals surface area contributed by atoms with Gasteiger partial charge in [-0.3, -0.25) is 4.21 Å². The van der Waals surface area contributed by atoms with Gasteiger partial charge in [0.1, 0.15) is 0 Å². The van der Waals surface area contributed by atoms with E-state index in [0.717, 1.165) is 5.82 Å². The Morgan fingerprint density at radius 3 is 2.65 bits per heavy atom. The van der Waals surface area contributed by atoms with Gasteiger partial charge in [-0.1, -0.05) is 0 Å². The van der Waals surface area contributed by atoms with Crippen molar-refractivity contribution in [2.75, 3.05) is 12.0 Å². The molecule has 0 amide bonds. The van der Waals surface area contributed by atoms with E-state index in [-0.39, 0.29) is 11.6 Å². The van der Waals surface area contributed by atoms with E-state index in [9.17, 15) is 4.21 Å². The molecule has 0 saturated heterocycles. The molecule has 2 unspecified atom stereocenters. The molecular weight excluding hydrogens is 238 g/mol. The number of tetrazole rings is 1. The molecule has 0 aromatic carbocycles. The van der Waals surface area contributed by atoms with Crippen LogP contribution in [0, 0.1) is 0 Å². The Kier molecular flexibility index (Phi) is 4.76. The van der Waals surface area contributed by atoms with Crippen LogP contribution >= 0.6 is 0 Å². The fourth-order valence-electron chi connectivity index (χ4n) is 1.43. The Bertz CT molecular complexity index is 384. The number of hydrogen-bond acceptors (Lipinski definition) is 5. The number of rotatable bonds is 5. The van der Waals surface area contributed by atoms with Crippen LogP contribution in [-0.4, -0.2) is 42.0 Å². The van der Waals surface area contributed by atoms with Crippen LogP contribution in [0.25, 0.3) is 0 Å². The fraction of sp³-hybridized carbons (Fsp3) is 0.900. The van der Waals surface area contributed by atoms with Crippen molar-refractivity contribution in [1.29, 1.82) is 0 Å². The van der Waals surface area contributed by atoms with Crippen molar-refractivity contribution in [2.24, 2.45) is 0 Å². The Morgan fingerprint density at radius 2 is 2.12 bits per heavy atom. The molecule has 0 bridgehead atoms. The Balaban J connectivity index is 2.68. The maximum Gasteiger partial charge on any atom is 0.165 e. The molecule has 0 saturated carbocycles. The molecule has 1 heterocycles. The molecule has 1 aromatic rings. The fourth-order valence-corrected chi connectivity index (χ4v) is 2.25. The summed E-state index contributed by atoms with van der Waals surface area (Å²) in [5, 5.41) is 14.9. The largest absolute Gasteiger partial charge is 0.305 e. The topological polar surface area (TPSA) is 72.7 Å². The van der Waals surface area contributed by atoms with E-state index in [1.807, 2.05) is 6.92 Å². The van der Waals surface area contributed by atoms with Crippen LogP contribution in [-0.2, 0) is 17.3 Å². The van der Waals surface area contributed by atoms with Gasteiger partial charge in [-0.15, -0.1) is 5.10 Å². The first kappa shape index (κ1) is 14.2. The predicted molar refractivity (Wildman–Crippen MR) is 68.1 cm³/mol. The van der Waals surface area contributed by atoms with Gasteiger partial charge in [0.15, 0.2) is 5.82 Å². The van der Waals surface area contributed by atoms with Crippen molar-refractivity contribution in [3.05, 3.63) is 5.82 Å². The molecule has 0 fully saturated rings. The number of aromatic nitrogens is 4. The van der Waals surface area contributed by atoms with Crippen molar-refractivity contribution >= 4 is 10.8 Å². The second kappa shape index (κ2) is 5.68. The molecule has 0 radical (unpaired) electrons. The summed E-state index contributed by atoms with van der Waals surface area (Å²) in [6, 6.07) is 0.0487. The van der Waals surface area contributed by atoms with E-state index in [2.05, 4.69) is 41.6 Å². The first-order valence-corrected chi connectivity index (χ1v) is 7.34. The highest BCUT2D eigenvalue weighted by molar-refractivity contribution is 7.84. The van der Waals surface area contributed by atoms with Crippen LogP contribution in [0.5, 0.6) is 0 Å². The molecule has 1 aromatic heterocycles. The highest BCUT2D eigenvalue weighted by atomic mass is 32.2. The van der Waals surface area contributed by atoms with E-state index in [0.29, 0.717) is 12.3 Å². The third kappa shape index (κ3) is 4.91. The van der Waals surface area contributed by atoms with Gasteiger partial charge in [0, 0.05) is 28.3 Å². The lowest BCUT2D eigenvalue weighted by atomic mass is 10.1. The number of nitrogens with zero attached hydrogens (tertiary/aromatic N) is 4. The van der Waals surface area contributed by atoms with Crippen LogP contribution in [0.2, 0.25) is 0 Å². The van der Waals surface area contributed by atoms with Gasteiger partial charge < -0.3 is 5.32 Å². The van der Waals surface area contributed by atoms with Crippen LogP contribution in [0.4, 0.5) is 0 Å². The van der Waals surface area contributed by atoms with E-state index < -0.39 is 10.8 Å². The summed E-state index contributed by atoms with van der Waals surface area (Å²) in [6.45, 7) is 8.85.